The second kappa shape index (κ2) is 4.75. The van der Waals surface area contributed by atoms with E-state index in [-0.39, 0.29) is 12.0 Å². The summed E-state index contributed by atoms with van der Waals surface area (Å²) in [5.41, 5.74) is 5.23. The highest BCUT2D eigenvalue weighted by molar-refractivity contribution is 5.96. The molecule has 1 aromatic carbocycles. The van der Waals surface area contributed by atoms with E-state index in [1.54, 1.807) is 18.2 Å². The van der Waals surface area contributed by atoms with Crippen LogP contribution >= 0.6 is 0 Å². The van der Waals surface area contributed by atoms with E-state index in [2.05, 4.69) is 0 Å². The predicted octanol–water partition coefficient (Wildman–Crippen LogP) is -1.01. The van der Waals surface area contributed by atoms with E-state index in [9.17, 15) is 19.8 Å². The average Bonchev–Trinajstić information content (AvgIpc) is 2.37. The topological polar surface area (TPSA) is 127 Å². The van der Waals surface area contributed by atoms with Crippen molar-refractivity contribution in [2.75, 3.05) is 0 Å². The molecule has 2 unspecified atom stereocenters. The Labute approximate surface area is 104 Å². The molecule has 0 saturated heterocycles. The highest BCUT2D eigenvalue weighted by atomic mass is 16.4. The maximum atomic E-state index is 11.5. The highest BCUT2D eigenvalue weighted by Crippen LogP contribution is 2.35. The Morgan fingerprint density at radius 2 is 1.61 bits per heavy atom. The fourth-order valence-electron chi connectivity index (χ4n) is 1.87. The quantitative estimate of drug-likeness (QED) is 0.535. The zero-order valence-corrected chi connectivity index (χ0v) is 9.96. The number of carbonyl (C=O) groups is 2. The highest BCUT2D eigenvalue weighted by Gasteiger charge is 2.58. The lowest BCUT2D eigenvalue weighted by molar-refractivity contribution is -0.185. The molecule has 0 radical (unpaired) electrons. The maximum Gasteiger partial charge on any atom is 0.257 e. The third-order valence-corrected chi connectivity index (χ3v) is 3.07. The van der Waals surface area contributed by atoms with Crippen LogP contribution in [-0.4, -0.2) is 27.6 Å². The second-order valence-electron chi connectivity index (χ2n) is 4.02. The van der Waals surface area contributed by atoms with Crippen molar-refractivity contribution in [3.8, 4) is 0 Å². The minimum absolute atomic E-state index is 0.0145. The summed E-state index contributed by atoms with van der Waals surface area (Å²) in [7, 11) is 0. The standard InChI is InChI=1S/C12H16N2O4/c1-2-11(17,9(13)15)12(18,10(14)16)8-6-4-3-5-7-8/h3-7,17-18H,2H2,1H3,(H2,13,15)(H2,14,16). The summed E-state index contributed by atoms with van der Waals surface area (Å²) in [5.74, 6) is -2.45. The van der Waals surface area contributed by atoms with Crippen molar-refractivity contribution >= 4 is 11.8 Å². The maximum absolute atomic E-state index is 11.5. The first-order valence-electron chi connectivity index (χ1n) is 5.40. The van der Waals surface area contributed by atoms with E-state index < -0.39 is 23.0 Å². The van der Waals surface area contributed by atoms with Gasteiger partial charge >= 0.3 is 0 Å². The predicted molar refractivity (Wildman–Crippen MR) is 64.0 cm³/mol. The van der Waals surface area contributed by atoms with Crippen molar-refractivity contribution in [2.45, 2.75) is 24.5 Å². The molecule has 0 heterocycles. The molecule has 0 bridgehead atoms. The van der Waals surface area contributed by atoms with E-state index in [4.69, 9.17) is 11.5 Å². The molecule has 6 nitrogen and oxygen atoms in total. The Balaban J connectivity index is 3.51. The molecular formula is C12H16N2O4. The number of rotatable bonds is 5. The van der Waals surface area contributed by atoms with Gasteiger partial charge in [-0.05, 0) is 12.0 Å². The van der Waals surface area contributed by atoms with Crippen LogP contribution in [0.3, 0.4) is 0 Å². The van der Waals surface area contributed by atoms with Gasteiger partial charge in [-0.3, -0.25) is 9.59 Å². The Morgan fingerprint density at radius 1 is 1.11 bits per heavy atom. The molecule has 6 heteroatoms. The molecule has 0 aliphatic carbocycles. The van der Waals surface area contributed by atoms with Crippen molar-refractivity contribution in [2.24, 2.45) is 11.5 Å². The zero-order chi connectivity index (χ0) is 14.0. The van der Waals surface area contributed by atoms with E-state index in [0.717, 1.165) is 0 Å². The molecular weight excluding hydrogens is 236 g/mol. The van der Waals surface area contributed by atoms with E-state index in [0.29, 0.717) is 0 Å². The van der Waals surface area contributed by atoms with Gasteiger partial charge in [-0.25, -0.2) is 0 Å². The Bertz CT molecular complexity index is 462. The molecule has 1 aromatic rings. The van der Waals surface area contributed by atoms with Gasteiger partial charge in [0.25, 0.3) is 11.8 Å². The van der Waals surface area contributed by atoms with Crippen molar-refractivity contribution in [1.82, 2.24) is 0 Å². The fourth-order valence-corrected chi connectivity index (χ4v) is 1.87. The van der Waals surface area contributed by atoms with E-state index >= 15 is 0 Å². The normalized spacial score (nSPS) is 17.5. The van der Waals surface area contributed by atoms with Crippen molar-refractivity contribution in [3.63, 3.8) is 0 Å². The Kier molecular flexibility index (Phi) is 3.73. The summed E-state index contributed by atoms with van der Waals surface area (Å²) < 4.78 is 0. The van der Waals surface area contributed by atoms with Crippen LogP contribution in [0.1, 0.15) is 18.9 Å². The number of benzene rings is 1. The summed E-state index contributed by atoms with van der Waals surface area (Å²) in [6.07, 6.45) is -0.253. The zero-order valence-electron chi connectivity index (χ0n) is 9.96. The van der Waals surface area contributed by atoms with Gasteiger partial charge in [0.2, 0.25) is 5.60 Å². The third kappa shape index (κ3) is 1.85. The lowest BCUT2D eigenvalue weighted by atomic mass is 9.74. The average molecular weight is 252 g/mol. The molecule has 0 fully saturated rings. The third-order valence-electron chi connectivity index (χ3n) is 3.07. The van der Waals surface area contributed by atoms with Gasteiger partial charge in [-0.2, -0.15) is 0 Å². The summed E-state index contributed by atoms with van der Waals surface area (Å²) in [6, 6.07) is 7.50. The van der Waals surface area contributed by atoms with Crippen LogP contribution in [0.2, 0.25) is 0 Å². The minimum atomic E-state index is -2.56. The number of carbonyl (C=O) groups excluding carboxylic acids is 2. The fraction of sp³-hybridized carbons (Fsp3) is 0.333. The van der Waals surface area contributed by atoms with Gasteiger partial charge in [0.05, 0.1) is 0 Å². The molecule has 0 aliphatic rings. The Hall–Kier alpha value is -1.92. The molecule has 18 heavy (non-hydrogen) atoms. The van der Waals surface area contributed by atoms with Crippen LogP contribution in [-0.2, 0) is 15.2 Å². The second-order valence-corrected chi connectivity index (χ2v) is 4.02. The van der Waals surface area contributed by atoms with E-state index in [1.807, 2.05) is 0 Å². The number of hydrogen-bond donors (Lipinski definition) is 4. The smallest absolute Gasteiger partial charge is 0.257 e. The van der Waals surface area contributed by atoms with Crippen LogP contribution in [0.4, 0.5) is 0 Å². The van der Waals surface area contributed by atoms with Crippen LogP contribution in [0.5, 0.6) is 0 Å². The first kappa shape index (κ1) is 14.1. The number of primary amides is 2. The van der Waals surface area contributed by atoms with Crippen LogP contribution in [0.25, 0.3) is 0 Å². The molecule has 2 amide bonds. The molecule has 1 rings (SSSR count). The molecule has 0 spiro atoms. The van der Waals surface area contributed by atoms with Crippen molar-refractivity contribution in [1.29, 1.82) is 0 Å². The van der Waals surface area contributed by atoms with Gasteiger partial charge in [-0.1, -0.05) is 37.3 Å². The van der Waals surface area contributed by atoms with Crippen LogP contribution in [0.15, 0.2) is 30.3 Å². The summed E-state index contributed by atoms with van der Waals surface area (Å²) in [4.78, 5) is 22.9. The van der Waals surface area contributed by atoms with Crippen LogP contribution < -0.4 is 11.5 Å². The number of nitrogens with two attached hydrogens (primary N) is 2. The number of aliphatic hydroxyl groups is 2. The molecule has 2 atom stereocenters. The van der Waals surface area contributed by atoms with Gasteiger partial charge in [0, 0.05) is 0 Å². The first-order valence-corrected chi connectivity index (χ1v) is 5.40. The van der Waals surface area contributed by atoms with Gasteiger partial charge in [0.1, 0.15) is 0 Å². The molecule has 0 saturated carbocycles. The van der Waals surface area contributed by atoms with Gasteiger partial charge in [0.15, 0.2) is 5.60 Å². The SMILES string of the molecule is CCC(O)(C(N)=O)C(O)(C(N)=O)c1ccccc1. The Morgan fingerprint density at radius 3 is 1.94 bits per heavy atom. The molecule has 0 aromatic heterocycles. The summed E-state index contributed by atoms with van der Waals surface area (Å²) in [6.45, 7) is 1.42. The minimum Gasteiger partial charge on any atom is -0.377 e. The number of amides is 2. The summed E-state index contributed by atoms with van der Waals surface area (Å²) >= 11 is 0. The molecule has 0 aliphatic heterocycles. The van der Waals surface area contributed by atoms with Crippen molar-refractivity contribution < 1.29 is 19.8 Å². The van der Waals surface area contributed by atoms with Crippen LogP contribution in [0, 0.1) is 0 Å². The van der Waals surface area contributed by atoms with Gasteiger partial charge in [-0.15, -0.1) is 0 Å². The number of hydrogen-bond acceptors (Lipinski definition) is 4. The first-order chi connectivity index (χ1) is 8.30. The largest absolute Gasteiger partial charge is 0.377 e. The lowest BCUT2D eigenvalue weighted by Crippen LogP contribution is -2.65. The molecule has 6 N–H and O–H groups in total. The van der Waals surface area contributed by atoms with Gasteiger partial charge < -0.3 is 21.7 Å². The van der Waals surface area contributed by atoms with Crippen molar-refractivity contribution in [3.05, 3.63) is 35.9 Å². The lowest BCUT2D eigenvalue weighted by Gasteiger charge is -2.38. The van der Waals surface area contributed by atoms with E-state index in [1.165, 1.54) is 19.1 Å². The summed E-state index contributed by atoms with van der Waals surface area (Å²) in [5, 5.41) is 20.6. The monoisotopic (exact) mass is 252 g/mol. The molecule has 98 valence electrons.